The Labute approximate surface area is 166 Å². The van der Waals surface area contributed by atoms with E-state index in [0.717, 1.165) is 51.3 Å². The number of halogens is 1. The van der Waals surface area contributed by atoms with Crippen molar-refractivity contribution < 1.29 is 19.3 Å². The van der Waals surface area contributed by atoms with Gasteiger partial charge < -0.3 is 19.9 Å². The first-order valence-electron chi connectivity index (χ1n) is 9.76. The molecule has 1 saturated heterocycles. The molecule has 146 valence electrons. The van der Waals surface area contributed by atoms with Crippen LogP contribution in [0.25, 0.3) is 0 Å². The third-order valence-corrected chi connectivity index (χ3v) is 5.89. The van der Waals surface area contributed by atoms with Crippen LogP contribution in [0.2, 0.25) is 5.02 Å². The van der Waals surface area contributed by atoms with Crippen LogP contribution in [-0.4, -0.2) is 57.3 Å². The van der Waals surface area contributed by atoms with E-state index in [9.17, 15) is 10.1 Å². The molecule has 0 spiro atoms. The second-order valence-electron chi connectivity index (χ2n) is 7.87. The number of carbonyl (C=O) groups is 1. The molecule has 1 atom stereocenters. The molecule has 6 nitrogen and oxygen atoms in total. The highest BCUT2D eigenvalue weighted by atomic mass is 35.5. The number of amides is 1. The van der Waals surface area contributed by atoms with Gasteiger partial charge in [0.15, 0.2) is 6.54 Å². The zero-order valence-corrected chi connectivity index (χ0v) is 16.6. The van der Waals surface area contributed by atoms with Gasteiger partial charge in [-0.3, -0.25) is 4.79 Å². The van der Waals surface area contributed by atoms with Crippen LogP contribution in [-0.2, 0) is 4.79 Å². The molecular weight excluding hydrogens is 364 g/mol. The molecule has 0 bridgehead atoms. The standard InChI is InChI=1S/C20H27ClN4O2/c1-20(15-22,16-2-3-16)23-19(26)14-25-10-8-24(9-11-25)12-13-27-18-6-4-17(21)5-7-18/h4-7,16H,2-3,8-14H2,1H3,(H,23,26)/p+2/t20-/m1/s1. The predicted molar refractivity (Wildman–Crippen MR) is 103 cm³/mol. The minimum atomic E-state index is -0.692. The number of benzene rings is 1. The molecule has 1 aliphatic carbocycles. The maximum absolute atomic E-state index is 12.3. The topological polar surface area (TPSA) is 71.0 Å². The number of hydrogen-bond acceptors (Lipinski definition) is 3. The molecule has 1 aromatic carbocycles. The van der Waals surface area contributed by atoms with Crippen molar-refractivity contribution in [3.8, 4) is 11.8 Å². The quantitative estimate of drug-likeness (QED) is 0.548. The van der Waals surface area contributed by atoms with Crippen LogP contribution in [0, 0.1) is 17.2 Å². The SMILES string of the molecule is C[C@](C#N)(NC(=O)C[NH+]1CC[NH+](CCOc2ccc(Cl)cc2)CC1)C1CC1. The van der Waals surface area contributed by atoms with Crippen LogP contribution >= 0.6 is 11.6 Å². The predicted octanol–water partition coefficient (Wildman–Crippen LogP) is -0.689. The summed E-state index contributed by atoms with van der Waals surface area (Å²) in [5.41, 5.74) is -0.692. The Morgan fingerprint density at radius 2 is 1.89 bits per heavy atom. The Morgan fingerprint density at radius 1 is 1.26 bits per heavy atom. The van der Waals surface area contributed by atoms with E-state index >= 15 is 0 Å². The molecule has 1 heterocycles. The van der Waals surface area contributed by atoms with Gasteiger partial charge in [-0.05, 0) is 49.9 Å². The third-order valence-electron chi connectivity index (χ3n) is 5.64. The minimum absolute atomic E-state index is 0.00419. The van der Waals surface area contributed by atoms with Crippen molar-refractivity contribution in [3.05, 3.63) is 29.3 Å². The van der Waals surface area contributed by atoms with Gasteiger partial charge in [-0.15, -0.1) is 0 Å². The molecule has 7 heteroatoms. The lowest BCUT2D eigenvalue weighted by Gasteiger charge is -2.30. The highest BCUT2D eigenvalue weighted by Crippen LogP contribution is 2.39. The molecule has 1 amide bonds. The van der Waals surface area contributed by atoms with E-state index in [1.54, 1.807) is 0 Å². The number of quaternary nitrogens is 2. The van der Waals surface area contributed by atoms with E-state index in [2.05, 4.69) is 11.4 Å². The zero-order chi connectivity index (χ0) is 19.3. The Hall–Kier alpha value is -1.81. The van der Waals surface area contributed by atoms with Crippen molar-refractivity contribution in [2.75, 3.05) is 45.9 Å². The van der Waals surface area contributed by atoms with E-state index in [1.807, 2.05) is 31.2 Å². The van der Waals surface area contributed by atoms with Gasteiger partial charge in [0.1, 0.15) is 50.6 Å². The van der Waals surface area contributed by atoms with Crippen molar-refractivity contribution in [3.63, 3.8) is 0 Å². The van der Waals surface area contributed by atoms with Crippen LogP contribution in [0.4, 0.5) is 0 Å². The van der Waals surface area contributed by atoms with Crippen LogP contribution < -0.4 is 19.9 Å². The molecule has 2 aliphatic rings. The first kappa shape index (κ1) is 19.9. The molecule has 2 fully saturated rings. The monoisotopic (exact) mass is 392 g/mol. The lowest BCUT2D eigenvalue weighted by molar-refractivity contribution is -1.01. The molecule has 0 radical (unpaired) electrons. The number of piperazine rings is 1. The van der Waals surface area contributed by atoms with Gasteiger partial charge in [0, 0.05) is 5.02 Å². The average Bonchev–Trinajstić information content (AvgIpc) is 3.50. The molecule has 1 aromatic rings. The highest BCUT2D eigenvalue weighted by molar-refractivity contribution is 6.30. The number of nitriles is 1. The Morgan fingerprint density at radius 3 is 2.48 bits per heavy atom. The van der Waals surface area contributed by atoms with Crippen LogP contribution in [0.15, 0.2) is 24.3 Å². The van der Waals surface area contributed by atoms with E-state index < -0.39 is 5.54 Å². The third kappa shape index (κ3) is 5.83. The molecule has 0 aromatic heterocycles. The number of ether oxygens (including phenoxy) is 1. The maximum atomic E-state index is 12.3. The number of carbonyl (C=O) groups excluding carboxylic acids is 1. The van der Waals surface area contributed by atoms with E-state index in [-0.39, 0.29) is 5.91 Å². The average molecular weight is 393 g/mol. The fourth-order valence-electron chi connectivity index (χ4n) is 3.67. The second kappa shape index (κ2) is 8.92. The summed E-state index contributed by atoms with van der Waals surface area (Å²) >= 11 is 5.87. The molecule has 27 heavy (non-hydrogen) atoms. The van der Waals surface area contributed by atoms with Crippen molar-refractivity contribution in [2.45, 2.75) is 25.3 Å². The van der Waals surface area contributed by atoms with Crippen molar-refractivity contribution in [1.82, 2.24) is 5.32 Å². The summed E-state index contributed by atoms with van der Waals surface area (Å²) in [7, 11) is 0. The van der Waals surface area contributed by atoms with Gasteiger partial charge in [0.2, 0.25) is 0 Å². The van der Waals surface area contributed by atoms with E-state index in [0.29, 0.717) is 24.1 Å². The zero-order valence-electron chi connectivity index (χ0n) is 15.9. The van der Waals surface area contributed by atoms with Gasteiger partial charge in [-0.25, -0.2) is 0 Å². The summed E-state index contributed by atoms with van der Waals surface area (Å²) in [5, 5.41) is 13.0. The molecular formula is C20H29ClN4O2+2. The number of hydrogen-bond donors (Lipinski definition) is 3. The van der Waals surface area contributed by atoms with Crippen LogP contribution in [0.1, 0.15) is 19.8 Å². The highest BCUT2D eigenvalue weighted by Gasteiger charge is 2.43. The summed E-state index contributed by atoms with van der Waals surface area (Å²) in [6, 6.07) is 9.72. The minimum Gasteiger partial charge on any atom is -0.488 e. The summed E-state index contributed by atoms with van der Waals surface area (Å²) in [6.45, 7) is 7.94. The van der Waals surface area contributed by atoms with Crippen LogP contribution in [0.3, 0.4) is 0 Å². The van der Waals surface area contributed by atoms with Crippen LogP contribution in [0.5, 0.6) is 5.75 Å². The molecule has 1 saturated carbocycles. The number of nitrogens with one attached hydrogen (secondary N) is 3. The maximum Gasteiger partial charge on any atom is 0.276 e. The largest absolute Gasteiger partial charge is 0.488 e. The molecule has 1 aliphatic heterocycles. The fourth-order valence-corrected chi connectivity index (χ4v) is 3.80. The Bertz CT molecular complexity index is 678. The smallest absolute Gasteiger partial charge is 0.276 e. The van der Waals surface area contributed by atoms with Crippen molar-refractivity contribution in [1.29, 1.82) is 5.26 Å². The van der Waals surface area contributed by atoms with Gasteiger partial charge in [-0.2, -0.15) is 5.26 Å². The summed E-state index contributed by atoms with van der Waals surface area (Å²) in [5.74, 6) is 1.16. The second-order valence-corrected chi connectivity index (χ2v) is 8.30. The number of rotatable bonds is 8. The van der Waals surface area contributed by atoms with E-state index in [1.165, 1.54) is 9.80 Å². The Kier molecular flexibility index (Phi) is 6.59. The summed E-state index contributed by atoms with van der Waals surface area (Å²) in [6.07, 6.45) is 2.08. The van der Waals surface area contributed by atoms with Gasteiger partial charge in [0.05, 0.1) is 6.07 Å². The normalized spacial score (nSPS) is 24.5. The van der Waals surface area contributed by atoms with Gasteiger partial charge in [-0.1, -0.05) is 11.6 Å². The molecule has 3 rings (SSSR count). The van der Waals surface area contributed by atoms with Gasteiger partial charge in [0.25, 0.3) is 5.91 Å². The summed E-state index contributed by atoms with van der Waals surface area (Å²) < 4.78 is 5.77. The fraction of sp³-hybridized carbons (Fsp3) is 0.600. The lowest BCUT2D eigenvalue weighted by Crippen LogP contribution is -3.28. The molecule has 3 N–H and O–H groups in total. The first-order chi connectivity index (χ1) is 13.0. The molecule has 0 unspecified atom stereocenters. The lowest BCUT2D eigenvalue weighted by atomic mass is 9.98. The van der Waals surface area contributed by atoms with Crippen molar-refractivity contribution in [2.24, 2.45) is 5.92 Å². The first-order valence-corrected chi connectivity index (χ1v) is 10.1. The van der Waals surface area contributed by atoms with Crippen molar-refractivity contribution >= 4 is 17.5 Å². The van der Waals surface area contributed by atoms with E-state index in [4.69, 9.17) is 16.3 Å². The van der Waals surface area contributed by atoms with Gasteiger partial charge >= 0.3 is 0 Å². The number of nitrogens with zero attached hydrogens (tertiary/aromatic N) is 1. The summed E-state index contributed by atoms with van der Waals surface area (Å²) in [4.78, 5) is 15.1. The Balaban J connectivity index is 1.33.